The molecule has 0 aliphatic heterocycles. The van der Waals surface area contributed by atoms with E-state index in [-0.39, 0.29) is 6.04 Å². The molecule has 1 aliphatic carbocycles. The van der Waals surface area contributed by atoms with Crippen molar-refractivity contribution >= 4 is 0 Å². The minimum atomic E-state index is 0.213. The Morgan fingerprint density at radius 1 is 1.05 bits per heavy atom. The van der Waals surface area contributed by atoms with Gasteiger partial charge in [0.05, 0.1) is 12.6 Å². The standard InChI is InChI=1S/C18H21NO/c1-14(19-20-13-15-6-3-2-4-7-15)17-11-10-16-8-5-9-18(16)12-17/h2-4,6-7,10-12,14,19H,5,8-9,13H2,1H3. The zero-order valence-corrected chi connectivity index (χ0v) is 11.9. The van der Waals surface area contributed by atoms with Gasteiger partial charge in [-0.2, -0.15) is 5.48 Å². The summed E-state index contributed by atoms with van der Waals surface area (Å²) in [6.45, 7) is 2.73. The van der Waals surface area contributed by atoms with E-state index in [1.54, 1.807) is 0 Å². The van der Waals surface area contributed by atoms with Crippen LogP contribution in [-0.4, -0.2) is 0 Å². The normalized spacial score (nSPS) is 15.1. The van der Waals surface area contributed by atoms with Crippen LogP contribution < -0.4 is 5.48 Å². The highest BCUT2D eigenvalue weighted by Gasteiger charge is 2.13. The van der Waals surface area contributed by atoms with Crippen LogP contribution in [0.25, 0.3) is 0 Å². The summed E-state index contributed by atoms with van der Waals surface area (Å²) in [7, 11) is 0. The highest BCUT2D eigenvalue weighted by Crippen LogP contribution is 2.25. The van der Waals surface area contributed by atoms with Crippen LogP contribution in [0.5, 0.6) is 0 Å². The summed E-state index contributed by atoms with van der Waals surface area (Å²) in [6.07, 6.45) is 3.76. The number of benzene rings is 2. The summed E-state index contributed by atoms with van der Waals surface area (Å²) in [5.41, 5.74) is 8.66. The van der Waals surface area contributed by atoms with Gasteiger partial charge in [-0.1, -0.05) is 48.5 Å². The average molecular weight is 267 g/mol. The lowest BCUT2D eigenvalue weighted by Crippen LogP contribution is -2.19. The topological polar surface area (TPSA) is 21.3 Å². The van der Waals surface area contributed by atoms with E-state index in [4.69, 9.17) is 4.84 Å². The maximum Gasteiger partial charge on any atom is 0.0933 e. The van der Waals surface area contributed by atoms with E-state index in [2.05, 4.69) is 42.7 Å². The molecule has 2 heteroatoms. The van der Waals surface area contributed by atoms with Gasteiger partial charge in [0.2, 0.25) is 0 Å². The van der Waals surface area contributed by atoms with Crippen LogP contribution in [0.4, 0.5) is 0 Å². The summed E-state index contributed by atoms with van der Waals surface area (Å²) >= 11 is 0. The molecule has 3 rings (SSSR count). The SMILES string of the molecule is CC(NOCc1ccccc1)c1ccc2c(c1)CCC2. The molecule has 0 aromatic heterocycles. The fourth-order valence-corrected chi connectivity index (χ4v) is 2.75. The van der Waals surface area contributed by atoms with Crippen LogP contribution in [0.15, 0.2) is 48.5 Å². The fraction of sp³-hybridized carbons (Fsp3) is 0.333. The average Bonchev–Trinajstić information content (AvgIpc) is 2.95. The first-order valence-corrected chi connectivity index (χ1v) is 7.36. The second-order valence-corrected chi connectivity index (χ2v) is 5.50. The van der Waals surface area contributed by atoms with Crippen LogP contribution in [0.1, 0.15) is 41.6 Å². The zero-order chi connectivity index (χ0) is 13.8. The predicted molar refractivity (Wildman–Crippen MR) is 81.2 cm³/mol. The van der Waals surface area contributed by atoms with E-state index in [9.17, 15) is 0 Å². The van der Waals surface area contributed by atoms with E-state index in [0.717, 1.165) is 0 Å². The molecule has 2 aromatic carbocycles. The van der Waals surface area contributed by atoms with Gasteiger partial charge in [-0.3, -0.25) is 4.84 Å². The van der Waals surface area contributed by atoms with E-state index in [1.807, 2.05) is 18.2 Å². The van der Waals surface area contributed by atoms with Crippen LogP contribution >= 0.6 is 0 Å². The quantitative estimate of drug-likeness (QED) is 0.828. The molecule has 0 amide bonds. The third-order valence-electron chi connectivity index (χ3n) is 3.96. The highest BCUT2D eigenvalue weighted by molar-refractivity contribution is 5.36. The first-order chi connectivity index (χ1) is 9.83. The monoisotopic (exact) mass is 267 g/mol. The van der Waals surface area contributed by atoms with Gasteiger partial charge in [-0.05, 0) is 48.4 Å². The summed E-state index contributed by atoms with van der Waals surface area (Å²) in [5.74, 6) is 0. The van der Waals surface area contributed by atoms with Crippen molar-refractivity contribution in [1.29, 1.82) is 0 Å². The minimum absolute atomic E-state index is 0.213. The zero-order valence-electron chi connectivity index (χ0n) is 11.9. The molecule has 20 heavy (non-hydrogen) atoms. The Balaban J connectivity index is 1.55. The molecule has 104 valence electrons. The molecule has 0 fully saturated rings. The lowest BCUT2D eigenvalue weighted by Gasteiger charge is -2.15. The number of fused-ring (bicyclic) bond motifs is 1. The molecular formula is C18H21NO. The van der Waals surface area contributed by atoms with Crippen molar-refractivity contribution in [2.45, 2.75) is 38.8 Å². The van der Waals surface area contributed by atoms with Crippen LogP contribution in [0.2, 0.25) is 0 Å². The number of hydrogen-bond donors (Lipinski definition) is 1. The van der Waals surface area contributed by atoms with Crippen molar-refractivity contribution in [3.05, 3.63) is 70.8 Å². The Hall–Kier alpha value is -1.64. The Morgan fingerprint density at radius 3 is 2.70 bits per heavy atom. The van der Waals surface area contributed by atoms with Crippen molar-refractivity contribution in [3.8, 4) is 0 Å². The van der Waals surface area contributed by atoms with Gasteiger partial charge < -0.3 is 0 Å². The van der Waals surface area contributed by atoms with Crippen molar-refractivity contribution in [2.24, 2.45) is 0 Å². The third kappa shape index (κ3) is 3.09. The van der Waals surface area contributed by atoms with E-state index in [0.29, 0.717) is 6.61 Å². The Kier molecular flexibility index (Phi) is 4.14. The third-order valence-corrected chi connectivity index (χ3v) is 3.96. The Bertz CT molecular complexity index is 565. The summed E-state index contributed by atoms with van der Waals surface area (Å²) in [5, 5.41) is 0. The molecule has 1 N–H and O–H groups in total. The molecule has 1 unspecified atom stereocenters. The number of hydroxylamine groups is 1. The predicted octanol–water partition coefficient (Wildman–Crippen LogP) is 3.96. The molecule has 0 bridgehead atoms. The van der Waals surface area contributed by atoms with Crippen LogP contribution in [0, 0.1) is 0 Å². The van der Waals surface area contributed by atoms with Gasteiger partial charge >= 0.3 is 0 Å². The second kappa shape index (κ2) is 6.21. The first kappa shape index (κ1) is 13.3. The van der Waals surface area contributed by atoms with E-state index < -0.39 is 0 Å². The maximum atomic E-state index is 5.61. The molecule has 2 aromatic rings. The van der Waals surface area contributed by atoms with Gasteiger partial charge in [0.1, 0.15) is 0 Å². The van der Waals surface area contributed by atoms with Crippen molar-refractivity contribution in [2.75, 3.05) is 0 Å². The first-order valence-electron chi connectivity index (χ1n) is 7.36. The lowest BCUT2D eigenvalue weighted by atomic mass is 10.0. The van der Waals surface area contributed by atoms with Gasteiger partial charge in [0, 0.05) is 0 Å². The molecule has 0 spiro atoms. The van der Waals surface area contributed by atoms with Crippen molar-refractivity contribution in [1.82, 2.24) is 5.48 Å². The largest absolute Gasteiger partial charge is 0.296 e. The molecule has 0 saturated heterocycles. The molecule has 1 aliphatic rings. The maximum absolute atomic E-state index is 5.61. The summed E-state index contributed by atoms with van der Waals surface area (Å²) in [4.78, 5) is 5.61. The molecule has 0 heterocycles. The van der Waals surface area contributed by atoms with E-state index in [1.165, 1.54) is 41.5 Å². The molecule has 0 saturated carbocycles. The molecule has 0 radical (unpaired) electrons. The van der Waals surface area contributed by atoms with E-state index >= 15 is 0 Å². The fourth-order valence-electron chi connectivity index (χ4n) is 2.75. The Morgan fingerprint density at radius 2 is 1.85 bits per heavy atom. The smallest absolute Gasteiger partial charge is 0.0933 e. The van der Waals surface area contributed by atoms with Gasteiger partial charge in [0.15, 0.2) is 0 Å². The minimum Gasteiger partial charge on any atom is -0.296 e. The van der Waals surface area contributed by atoms with Crippen molar-refractivity contribution < 1.29 is 4.84 Å². The van der Waals surface area contributed by atoms with Crippen LogP contribution in [-0.2, 0) is 24.3 Å². The number of rotatable bonds is 5. The summed E-state index contributed by atoms with van der Waals surface area (Å²) < 4.78 is 0. The highest BCUT2D eigenvalue weighted by atomic mass is 16.6. The lowest BCUT2D eigenvalue weighted by molar-refractivity contribution is 0.00697. The molecule has 2 nitrogen and oxygen atoms in total. The number of nitrogens with one attached hydrogen (secondary N) is 1. The molecule has 1 atom stereocenters. The number of hydrogen-bond acceptors (Lipinski definition) is 2. The second-order valence-electron chi connectivity index (χ2n) is 5.50. The Labute approximate surface area is 120 Å². The van der Waals surface area contributed by atoms with Gasteiger partial charge in [-0.15, -0.1) is 0 Å². The number of aryl methyl sites for hydroxylation is 2. The van der Waals surface area contributed by atoms with Crippen LogP contribution in [0.3, 0.4) is 0 Å². The van der Waals surface area contributed by atoms with Gasteiger partial charge in [-0.25, -0.2) is 0 Å². The van der Waals surface area contributed by atoms with Gasteiger partial charge in [0.25, 0.3) is 0 Å². The van der Waals surface area contributed by atoms with Crippen molar-refractivity contribution in [3.63, 3.8) is 0 Å². The summed E-state index contributed by atoms with van der Waals surface area (Å²) in [6, 6.07) is 17.2. The molecular weight excluding hydrogens is 246 g/mol.